The zero-order valence-corrected chi connectivity index (χ0v) is 19.7. The van der Waals surface area contributed by atoms with E-state index in [0.717, 1.165) is 54.9 Å². The van der Waals surface area contributed by atoms with Crippen LogP contribution in [0.3, 0.4) is 0 Å². The SMILES string of the molecule is C=C(C)C(CCC(C)C1CCC2C3CC=C4CC(O)CCC4(C)C3CCC12C)OO. The topological polar surface area (TPSA) is 49.7 Å². The van der Waals surface area contributed by atoms with Crippen molar-refractivity contribution >= 4 is 0 Å². The number of fused-ring (bicyclic) bond motifs is 5. The third-order valence-corrected chi connectivity index (χ3v) is 10.4. The third-order valence-electron chi connectivity index (χ3n) is 10.4. The van der Waals surface area contributed by atoms with E-state index in [1.165, 1.54) is 38.5 Å². The summed E-state index contributed by atoms with van der Waals surface area (Å²) in [4.78, 5) is 4.67. The molecular weight excluding hydrogens is 372 g/mol. The monoisotopic (exact) mass is 416 g/mol. The molecular formula is C27H44O3. The van der Waals surface area contributed by atoms with Gasteiger partial charge in [0.05, 0.1) is 6.10 Å². The molecule has 0 spiro atoms. The van der Waals surface area contributed by atoms with Crippen molar-refractivity contribution in [1.82, 2.24) is 0 Å². The van der Waals surface area contributed by atoms with E-state index in [4.69, 9.17) is 0 Å². The first-order valence-electron chi connectivity index (χ1n) is 12.5. The van der Waals surface area contributed by atoms with E-state index in [9.17, 15) is 10.4 Å². The number of aliphatic hydroxyl groups excluding tert-OH is 1. The fourth-order valence-corrected chi connectivity index (χ4v) is 8.62. The summed E-state index contributed by atoms with van der Waals surface area (Å²) in [6.07, 6.45) is 13.9. The average Bonchev–Trinajstić information content (AvgIpc) is 3.06. The van der Waals surface area contributed by atoms with Gasteiger partial charge in [0.25, 0.3) is 0 Å². The second-order valence-electron chi connectivity index (χ2n) is 11.9. The minimum atomic E-state index is -0.225. The van der Waals surface area contributed by atoms with Crippen molar-refractivity contribution in [3.05, 3.63) is 23.8 Å². The van der Waals surface area contributed by atoms with Crippen LogP contribution in [0, 0.1) is 40.4 Å². The highest BCUT2D eigenvalue weighted by Crippen LogP contribution is 2.67. The lowest BCUT2D eigenvalue weighted by Gasteiger charge is -2.58. The molecule has 0 radical (unpaired) electrons. The van der Waals surface area contributed by atoms with Gasteiger partial charge in [0.15, 0.2) is 0 Å². The molecule has 3 nitrogen and oxygen atoms in total. The molecule has 0 heterocycles. The van der Waals surface area contributed by atoms with Crippen LogP contribution in [0.25, 0.3) is 0 Å². The van der Waals surface area contributed by atoms with E-state index in [2.05, 4.69) is 38.3 Å². The molecule has 30 heavy (non-hydrogen) atoms. The molecule has 0 bridgehead atoms. The van der Waals surface area contributed by atoms with Crippen molar-refractivity contribution in [3.63, 3.8) is 0 Å². The molecule has 0 aromatic carbocycles. The quantitative estimate of drug-likeness (QED) is 0.285. The van der Waals surface area contributed by atoms with Gasteiger partial charge < -0.3 is 5.11 Å². The molecule has 170 valence electrons. The number of hydrogen-bond donors (Lipinski definition) is 2. The van der Waals surface area contributed by atoms with Crippen molar-refractivity contribution < 1.29 is 15.3 Å². The summed E-state index contributed by atoms with van der Waals surface area (Å²) in [5.41, 5.74) is 3.27. The zero-order chi connectivity index (χ0) is 21.7. The fraction of sp³-hybridized carbons (Fsp3) is 0.852. The van der Waals surface area contributed by atoms with E-state index in [1.807, 2.05) is 6.92 Å². The van der Waals surface area contributed by atoms with Crippen LogP contribution in [-0.4, -0.2) is 22.6 Å². The molecule has 0 aliphatic heterocycles. The predicted molar refractivity (Wildman–Crippen MR) is 122 cm³/mol. The summed E-state index contributed by atoms with van der Waals surface area (Å²) in [5.74, 6) is 3.92. The Hall–Kier alpha value is -0.640. The highest BCUT2D eigenvalue weighted by Gasteiger charge is 2.59. The van der Waals surface area contributed by atoms with Crippen LogP contribution in [0.1, 0.15) is 91.9 Å². The summed E-state index contributed by atoms with van der Waals surface area (Å²) in [7, 11) is 0. The smallest absolute Gasteiger partial charge is 0.113 e. The molecule has 4 aliphatic carbocycles. The average molecular weight is 417 g/mol. The van der Waals surface area contributed by atoms with Crippen LogP contribution in [-0.2, 0) is 4.89 Å². The minimum Gasteiger partial charge on any atom is -0.393 e. The number of rotatable bonds is 6. The van der Waals surface area contributed by atoms with Crippen LogP contribution in [0.5, 0.6) is 0 Å². The van der Waals surface area contributed by atoms with Gasteiger partial charge in [-0.1, -0.05) is 39.0 Å². The number of hydrogen-bond acceptors (Lipinski definition) is 3. The summed E-state index contributed by atoms with van der Waals surface area (Å²) in [6.45, 7) is 13.5. The van der Waals surface area contributed by atoms with Crippen molar-refractivity contribution in [2.45, 2.75) is 104 Å². The van der Waals surface area contributed by atoms with Gasteiger partial charge in [-0.25, -0.2) is 4.89 Å². The molecule has 3 saturated carbocycles. The largest absolute Gasteiger partial charge is 0.393 e. The lowest BCUT2D eigenvalue weighted by molar-refractivity contribution is -0.270. The molecule has 0 aromatic heterocycles. The molecule has 9 unspecified atom stereocenters. The number of aliphatic hydroxyl groups is 1. The Morgan fingerprint density at radius 3 is 2.63 bits per heavy atom. The predicted octanol–water partition coefficient (Wildman–Crippen LogP) is 6.78. The number of allylic oxidation sites excluding steroid dienone is 1. The molecule has 3 heteroatoms. The van der Waals surface area contributed by atoms with Crippen molar-refractivity contribution in [2.24, 2.45) is 40.4 Å². The van der Waals surface area contributed by atoms with E-state index in [1.54, 1.807) is 5.57 Å². The van der Waals surface area contributed by atoms with Gasteiger partial charge in [0, 0.05) is 0 Å². The van der Waals surface area contributed by atoms with Crippen molar-refractivity contribution in [2.75, 3.05) is 0 Å². The first-order valence-corrected chi connectivity index (χ1v) is 12.5. The Labute approximate surface area is 183 Å². The molecule has 0 amide bonds. The van der Waals surface area contributed by atoms with Gasteiger partial charge in [0.1, 0.15) is 6.10 Å². The summed E-state index contributed by atoms with van der Waals surface area (Å²) in [5, 5.41) is 19.4. The maximum Gasteiger partial charge on any atom is 0.113 e. The zero-order valence-electron chi connectivity index (χ0n) is 19.7. The lowest BCUT2D eigenvalue weighted by Crippen LogP contribution is -2.50. The Morgan fingerprint density at radius 2 is 1.93 bits per heavy atom. The molecule has 2 N–H and O–H groups in total. The van der Waals surface area contributed by atoms with Crippen LogP contribution < -0.4 is 0 Å². The molecule has 4 aliphatic rings. The van der Waals surface area contributed by atoms with Gasteiger partial charge in [-0.3, -0.25) is 5.26 Å². The van der Waals surface area contributed by atoms with Gasteiger partial charge in [-0.15, -0.1) is 0 Å². The Balaban J connectivity index is 1.48. The summed E-state index contributed by atoms with van der Waals surface area (Å²) in [6, 6.07) is 0. The first-order chi connectivity index (χ1) is 14.2. The highest BCUT2D eigenvalue weighted by molar-refractivity contribution is 5.25. The van der Waals surface area contributed by atoms with Crippen LogP contribution >= 0.6 is 0 Å². The van der Waals surface area contributed by atoms with Gasteiger partial charge in [-0.05, 0) is 117 Å². The van der Waals surface area contributed by atoms with E-state index in [0.29, 0.717) is 16.7 Å². The second-order valence-corrected chi connectivity index (χ2v) is 11.9. The molecule has 4 rings (SSSR count). The fourth-order valence-electron chi connectivity index (χ4n) is 8.62. The maximum atomic E-state index is 10.2. The van der Waals surface area contributed by atoms with E-state index < -0.39 is 0 Å². The third kappa shape index (κ3) is 3.63. The summed E-state index contributed by atoms with van der Waals surface area (Å²) < 4.78 is 0. The second kappa shape index (κ2) is 8.37. The van der Waals surface area contributed by atoms with Crippen LogP contribution in [0.4, 0.5) is 0 Å². The lowest BCUT2D eigenvalue weighted by atomic mass is 9.47. The van der Waals surface area contributed by atoms with Crippen LogP contribution in [0.2, 0.25) is 0 Å². The van der Waals surface area contributed by atoms with Gasteiger partial charge in [-0.2, -0.15) is 0 Å². The Bertz CT molecular complexity index is 684. The van der Waals surface area contributed by atoms with E-state index in [-0.39, 0.29) is 12.2 Å². The van der Waals surface area contributed by atoms with Crippen molar-refractivity contribution in [1.29, 1.82) is 0 Å². The van der Waals surface area contributed by atoms with Crippen LogP contribution in [0.15, 0.2) is 23.8 Å². The Morgan fingerprint density at radius 1 is 1.17 bits per heavy atom. The first kappa shape index (κ1) is 22.6. The molecule has 0 saturated heterocycles. The van der Waals surface area contributed by atoms with Crippen molar-refractivity contribution in [3.8, 4) is 0 Å². The maximum absolute atomic E-state index is 10.2. The standard InChI is InChI=1S/C27H44O3/c1-17(2)25(30-29)11-6-18(3)22-9-10-23-21-8-7-19-16-20(28)12-14-26(19,4)24(21)13-15-27(22,23)5/h7,18,20-25,28-29H,1,6,8-16H2,2-5H3. The van der Waals surface area contributed by atoms with Gasteiger partial charge in [0.2, 0.25) is 0 Å². The molecule has 3 fully saturated rings. The molecule has 9 atom stereocenters. The van der Waals surface area contributed by atoms with E-state index >= 15 is 0 Å². The molecule has 0 aromatic rings. The summed E-state index contributed by atoms with van der Waals surface area (Å²) >= 11 is 0. The Kier molecular flexibility index (Phi) is 6.29. The minimum absolute atomic E-state index is 0.114. The highest BCUT2D eigenvalue weighted by atomic mass is 17.1. The normalized spacial score (nSPS) is 45.0. The van der Waals surface area contributed by atoms with Gasteiger partial charge >= 0.3 is 0 Å².